The van der Waals surface area contributed by atoms with E-state index in [0.29, 0.717) is 6.42 Å². The number of amides is 4. The summed E-state index contributed by atoms with van der Waals surface area (Å²) in [6.45, 7) is 3.01. The van der Waals surface area contributed by atoms with Crippen LogP contribution in [0.1, 0.15) is 58.5 Å². The third-order valence-electron chi connectivity index (χ3n) is 6.19. The number of rotatable bonds is 7. The molecule has 0 radical (unpaired) electrons. The molecule has 0 aromatic heterocycles. The van der Waals surface area contributed by atoms with E-state index < -0.39 is 41.9 Å². The number of carbonyl (C=O) groups excluding carboxylic acids is 5. The molecule has 1 spiro atoms. The molecular formula is C26H27N3O7. The van der Waals surface area contributed by atoms with E-state index in [2.05, 4.69) is 10.6 Å². The van der Waals surface area contributed by atoms with Gasteiger partial charge >= 0.3 is 18.0 Å². The van der Waals surface area contributed by atoms with Crippen LogP contribution >= 0.6 is 0 Å². The van der Waals surface area contributed by atoms with Gasteiger partial charge in [-0.3, -0.25) is 14.5 Å². The lowest BCUT2D eigenvalue weighted by Gasteiger charge is -2.33. The summed E-state index contributed by atoms with van der Waals surface area (Å²) in [6, 6.07) is 10.8. The Morgan fingerprint density at radius 1 is 1.00 bits per heavy atom. The summed E-state index contributed by atoms with van der Waals surface area (Å²) in [6.07, 6.45) is 1.97. The summed E-state index contributed by atoms with van der Waals surface area (Å²) in [5.74, 6) is -2.50. The monoisotopic (exact) mass is 493 g/mol. The molecule has 188 valence electrons. The lowest BCUT2D eigenvalue weighted by molar-refractivity contribution is -0.134. The number of anilines is 1. The average molecular weight is 494 g/mol. The Balaban J connectivity index is 1.54. The molecule has 36 heavy (non-hydrogen) atoms. The van der Waals surface area contributed by atoms with Crippen molar-refractivity contribution >= 4 is 35.5 Å². The predicted octanol–water partition coefficient (Wildman–Crippen LogP) is 2.76. The Labute approximate surface area is 207 Å². The molecule has 1 atom stereocenters. The fourth-order valence-electron chi connectivity index (χ4n) is 4.66. The second-order valence-corrected chi connectivity index (χ2v) is 8.53. The third-order valence-corrected chi connectivity index (χ3v) is 6.19. The van der Waals surface area contributed by atoms with Crippen LogP contribution < -0.4 is 10.6 Å². The molecule has 0 bridgehead atoms. The van der Waals surface area contributed by atoms with Crippen molar-refractivity contribution in [2.75, 3.05) is 25.1 Å². The van der Waals surface area contributed by atoms with E-state index in [0.717, 1.165) is 28.9 Å². The molecule has 1 aliphatic heterocycles. The average Bonchev–Trinajstić information content (AvgIpc) is 3.09. The molecule has 4 amide bonds. The normalized spacial score (nSPS) is 18.4. The summed E-state index contributed by atoms with van der Waals surface area (Å²) in [4.78, 5) is 64.5. The minimum absolute atomic E-state index is 0.0467. The zero-order chi connectivity index (χ0) is 25.9. The number of carbonyl (C=O) groups is 5. The maximum atomic E-state index is 13.4. The van der Waals surface area contributed by atoms with E-state index in [4.69, 9.17) is 9.47 Å². The molecule has 10 heteroatoms. The number of nitrogens with zero attached hydrogens (tertiary/aromatic N) is 1. The molecule has 2 aliphatic rings. The smallest absolute Gasteiger partial charge is 0.338 e. The lowest BCUT2D eigenvalue weighted by Crippen LogP contribution is -2.47. The Bertz CT molecular complexity index is 1210. The molecule has 2 aromatic carbocycles. The number of benzene rings is 2. The topological polar surface area (TPSA) is 131 Å². The van der Waals surface area contributed by atoms with E-state index in [1.807, 2.05) is 24.3 Å². The van der Waals surface area contributed by atoms with Crippen molar-refractivity contribution in [3.63, 3.8) is 0 Å². The maximum Gasteiger partial charge on any atom is 0.338 e. The summed E-state index contributed by atoms with van der Waals surface area (Å²) < 4.78 is 10.0. The van der Waals surface area contributed by atoms with Crippen molar-refractivity contribution in [2.24, 2.45) is 0 Å². The number of urea groups is 1. The maximum absolute atomic E-state index is 13.4. The van der Waals surface area contributed by atoms with Gasteiger partial charge in [0.1, 0.15) is 12.1 Å². The van der Waals surface area contributed by atoms with Crippen LogP contribution in [-0.2, 0) is 31.0 Å². The van der Waals surface area contributed by atoms with Gasteiger partial charge in [-0.2, -0.15) is 0 Å². The van der Waals surface area contributed by atoms with Crippen LogP contribution in [0.2, 0.25) is 0 Å². The quantitative estimate of drug-likeness (QED) is 0.448. The van der Waals surface area contributed by atoms with Gasteiger partial charge in [0, 0.05) is 5.69 Å². The van der Waals surface area contributed by atoms with Crippen LogP contribution in [0.15, 0.2) is 42.5 Å². The fraction of sp³-hybridized carbons (Fsp3) is 0.346. The molecule has 2 N–H and O–H groups in total. The molecule has 1 heterocycles. The summed E-state index contributed by atoms with van der Waals surface area (Å²) in [7, 11) is 0. The standard InChI is InChI=1S/C26H27N3O7/c1-3-35-22(31)17-12-18(23(32)36-4-2)14-19(13-17)27-21(30)15-29-24(33)26(28-25(29)34)11-7-9-16-8-5-6-10-20(16)26/h5-6,8,10,12-14H,3-4,7,9,11,15H2,1-2H3,(H,27,30)(H,28,34). The Morgan fingerprint density at radius 3 is 2.28 bits per heavy atom. The van der Waals surface area contributed by atoms with E-state index in [1.54, 1.807) is 13.8 Å². The van der Waals surface area contributed by atoms with Crippen molar-refractivity contribution in [2.45, 2.75) is 38.6 Å². The molecule has 10 nitrogen and oxygen atoms in total. The van der Waals surface area contributed by atoms with Crippen LogP contribution in [0.25, 0.3) is 0 Å². The minimum atomic E-state index is -1.19. The second-order valence-electron chi connectivity index (χ2n) is 8.53. The first kappa shape index (κ1) is 24.9. The van der Waals surface area contributed by atoms with Gasteiger partial charge in [0.2, 0.25) is 5.91 Å². The largest absolute Gasteiger partial charge is 0.462 e. The van der Waals surface area contributed by atoms with Crippen LogP contribution in [0.3, 0.4) is 0 Å². The first-order valence-corrected chi connectivity index (χ1v) is 11.8. The molecule has 1 fully saturated rings. The summed E-state index contributed by atoms with van der Waals surface area (Å²) in [5, 5.41) is 5.37. The van der Waals surface area contributed by atoms with E-state index >= 15 is 0 Å². The van der Waals surface area contributed by atoms with Crippen molar-refractivity contribution in [3.8, 4) is 0 Å². The van der Waals surface area contributed by atoms with Crippen molar-refractivity contribution < 1.29 is 33.4 Å². The van der Waals surface area contributed by atoms with Crippen LogP contribution in [0, 0.1) is 0 Å². The van der Waals surface area contributed by atoms with Crippen molar-refractivity contribution in [3.05, 3.63) is 64.7 Å². The van der Waals surface area contributed by atoms with Crippen LogP contribution in [0.5, 0.6) is 0 Å². The van der Waals surface area contributed by atoms with Crippen molar-refractivity contribution in [1.82, 2.24) is 10.2 Å². The predicted molar refractivity (Wildman–Crippen MR) is 128 cm³/mol. The van der Waals surface area contributed by atoms with Gasteiger partial charge < -0.3 is 20.1 Å². The van der Waals surface area contributed by atoms with Gasteiger partial charge in [-0.1, -0.05) is 24.3 Å². The molecule has 1 aliphatic carbocycles. The number of hydrogen-bond donors (Lipinski definition) is 2. The molecule has 1 saturated heterocycles. The first-order valence-electron chi connectivity index (χ1n) is 11.8. The molecule has 2 aromatic rings. The third kappa shape index (κ3) is 4.66. The second kappa shape index (κ2) is 10.2. The van der Waals surface area contributed by atoms with Crippen molar-refractivity contribution in [1.29, 1.82) is 0 Å². The first-order chi connectivity index (χ1) is 17.3. The zero-order valence-electron chi connectivity index (χ0n) is 20.1. The van der Waals surface area contributed by atoms with Gasteiger partial charge in [0.25, 0.3) is 5.91 Å². The molecule has 4 rings (SSSR count). The minimum Gasteiger partial charge on any atom is -0.462 e. The molecular weight excluding hydrogens is 466 g/mol. The van der Waals surface area contributed by atoms with E-state index in [-0.39, 0.29) is 30.0 Å². The number of esters is 2. The van der Waals surface area contributed by atoms with Gasteiger partial charge in [0.15, 0.2) is 0 Å². The highest BCUT2D eigenvalue weighted by atomic mass is 16.5. The van der Waals surface area contributed by atoms with Gasteiger partial charge in [-0.05, 0) is 62.4 Å². The number of nitrogens with one attached hydrogen (secondary N) is 2. The SMILES string of the molecule is CCOC(=O)c1cc(NC(=O)CN2C(=O)NC3(CCCc4ccccc43)C2=O)cc(C(=O)OCC)c1. The highest BCUT2D eigenvalue weighted by molar-refractivity contribution is 6.11. The number of imide groups is 1. The Kier molecular flexibility index (Phi) is 7.05. The Hall–Kier alpha value is -4.21. The zero-order valence-corrected chi connectivity index (χ0v) is 20.1. The lowest BCUT2D eigenvalue weighted by atomic mass is 9.76. The molecule has 1 unspecified atom stereocenters. The number of fused-ring (bicyclic) bond motifs is 2. The van der Waals surface area contributed by atoms with Gasteiger partial charge in [-0.25, -0.2) is 14.4 Å². The number of ether oxygens (including phenoxy) is 2. The molecule has 0 saturated carbocycles. The van der Waals surface area contributed by atoms with E-state index in [9.17, 15) is 24.0 Å². The fourth-order valence-corrected chi connectivity index (χ4v) is 4.66. The summed E-state index contributed by atoms with van der Waals surface area (Å²) >= 11 is 0. The van der Waals surface area contributed by atoms with Gasteiger partial charge in [0.05, 0.1) is 24.3 Å². The number of hydrogen-bond acceptors (Lipinski definition) is 7. The van der Waals surface area contributed by atoms with Crippen LogP contribution in [-0.4, -0.2) is 54.4 Å². The van der Waals surface area contributed by atoms with Crippen LogP contribution in [0.4, 0.5) is 10.5 Å². The number of aryl methyl sites for hydroxylation is 1. The Morgan fingerprint density at radius 2 is 1.64 bits per heavy atom. The highest BCUT2D eigenvalue weighted by Crippen LogP contribution is 2.39. The summed E-state index contributed by atoms with van der Waals surface area (Å²) in [5.41, 5.74) is 0.770. The highest BCUT2D eigenvalue weighted by Gasteiger charge is 2.54. The van der Waals surface area contributed by atoms with Gasteiger partial charge in [-0.15, -0.1) is 0 Å². The van der Waals surface area contributed by atoms with E-state index in [1.165, 1.54) is 18.2 Å².